The van der Waals surface area contributed by atoms with E-state index in [0.29, 0.717) is 5.69 Å². The number of carbonyl (C=O) groups is 1. The van der Waals surface area contributed by atoms with E-state index in [1.807, 2.05) is 43.3 Å². The summed E-state index contributed by atoms with van der Waals surface area (Å²) in [5.74, 6) is -0.0886. The number of aryl methyl sites for hydroxylation is 1. The van der Waals surface area contributed by atoms with E-state index >= 15 is 0 Å². The van der Waals surface area contributed by atoms with Crippen molar-refractivity contribution in [1.29, 1.82) is 0 Å². The van der Waals surface area contributed by atoms with Gasteiger partial charge in [-0.25, -0.2) is 0 Å². The number of hydrogen-bond acceptors (Lipinski definition) is 1. The first-order valence-corrected chi connectivity index (χ1v) is 8.50. The van der Waals surface area contributed by atoms with Crippen LogP contribution in [0.1, 0.15) is 34.6 Å². The molecule has 0 saturated heterocycles. The number of hydrogen-bond donors (Lipinski definition) is 2. The van der Waals surface area contributed by atoms with E-state index in [1.165, 1.54) is 16.3 Å². The summed E-state index contributed by atoms with van der Waals surface area (Å²) < 4.78 is 0. The lowest BCUT2D eigenvalue weighted by molar-refractivity contribution is 0.0936. The Morgan fingerprint density at radius 1 is 0.960 bits per heavy atom. The molecule has 4 rings (SSSR count). The zero-order valence-electron chi connectivity index (χ0n) is 14.3. The highest BCUT2D eigenvalue weighted by molar-refractivity contribution is 5.98. The van der Waals surface area contributed by atoms with Crippen LogP contribution in [0.4, 0.5) is 0 Å². The van der Waals surface area contributed by atoms with E-state index in [2.05, 4.69) is 47.6 Å². The third-order valence-electron chi connectivity index (χ3n) is 4.66. The quantitative estimate of drug-likeness (QED) is 0.538. The molecule has 4 aromatic rings. The predicted octanol–water partition coefficient (Wildman–Crippen LogP) is 5.12. The molecular weight excluding hydrogens is 308 g/mol. The molecule has 1 amide bonds. The molecule has 0 spiro atoms. The number of rotatable bonds is 3. The third-order valence-corrected chi connectivity index (χ3v) is 4.66. The number of amides is 1. The van der Waals surface area contributed by atoms with Crippen LogP contribution in [0.5, 0.6) is 0 Å². The highest BCUT2D eigenvalue weighted by atomic mass is 16.1. The number of aromatic nitrogens is 1. The Morgan fingerprint density at radius 3 is 2.64 bits per heavy atom. The lowest BCUT2D eigenvalue weighted by Gasteiger charge is -2.16. The fourth-order valence-corrected chi connectivity index (χ4v) is 3.35. The molecule has 0 bridgehead atoms. The van der Waals surface area contributed by atoms with Crippen molar-refractivity contribution in [2.24, 2.45) is 0 Å². The van der Waals surface area contributed by atoms with Gasteiger partial charge in [0.25, 0.3) is 5.91 Å². The number of carbonyl (C=O) groups excluding carboxylic acids is 1. The first-order chi connectivity index (χ1) is 12.1. The van der Waals surface area contributed by atoms with Crippen LogP contribution in [0.15, 0.2) is 66.7 Å². The smallest absolute Gasteiger partial charge is 0.268 e. The molecule has 2 N–H and O–H groups in total. The first-order valence-electron chi connectivity index (χ1n) is 8.50. The molecule has 3 heteroatoms. The Hall–Kier alpha value is -3.07. The summed E-state index contributed by atoms with van der Waals surface area (Å²) in [5.41, 5.74) is 3.88. The molecule has 124 valence electrons. The molecule has 0 aliphatic heterocycles. The van der Waals surface area contributed by atoms with E-state index in [4.69, 9.17) is 0 Å². The van der Waals surface area contributed by atoms with Crippen LogP contribution in [0.3, 0.4) is 0 Å². The second-order valence-corrected chi connectivity index (χ2v) is 6.54. The Kier molecular flexibility index (Phi) is 3.77. The average molecular weight is 328 g/mol. The summed E-state index contributed by atoms with van der Waals surface area (Å²) in [6.07, 6.45) is 0. The lowest BCUT2D eigenvalue weighted by Crippen LogP contribution is -2.27. The standard InChI is InChI=1S/C22H20N2O/c1-14-10-11-20-17(12-14)13-21(24-20)22(25)23-15(2)18-9-5-7-16-6-3-4-8-19(16)18/h3-13,15,24H,1-2H3,(H,23,25)/t15-/m1/s1. The largest absolute Gasteiger partial charge is 0.351 e. The number of H-pyrrole nitrogens is 1. The van der Waals surface area contributed by atoms with Gasteiger partial charge in [0.15, 0.2) is 0 Å². The molecule has 25 heavy (non-hydrogen) atoms. The van der Waals surface area contributed by atoms with Gasteiger partial charge >= 0.3 is 0 Å². The van der Waals surface area contributed by atoms with Crippen molar-refractivity contribution >= 4 is 27.6 Å². The zero-order valence-corrected chi connectivity index (χ0v) is 14.3. The molecule has 1 atom stereocenters. The van der Waals surface area contributed by atoms with Crippen molar-refractivity contribution in [2.45, 2.75) is 19.9 Å². The molecule has 3 nitrogen and oxygen atoms in total. The van der Waals surface area contributed by atoms with Gasteiger partial charge in [-0.2, -0.15) is 0 Å². The maximum Gasteiger partial charge on any atom is 0.268 e. The van der Waals surface area contributed by atoms with E-state index in [9.17, 15) is 4.79 Å². The molecule has 1 aromatic heterocycles. The average Bonchev–Trinajstić information content (AvgIpc) is 3.04. The molecule has 3 aromatic carbocycles. The minimum atomic E-state index is -0.0886. The highest BCUT2D eigenvalue weighted by Gasteiger charge is 2.15. The van der Waals surface area contributed by atoms with Gasteiger partial charge in [-0.15, -0.1) is 0 Å². The number of aromatic amines is 1. The van der Waals surface area contributed by atoms with Crippen LogP contribution in [0, 0.1) is 6.92 Å². The van der Waals surface area contributed by atoms with Crippen molar-refractivity contribution in [3.05, 3.63) is 83.6 Å². The van der Waals surface area contributed by atoms with Gasteiger partial charge in [0, 0.05) is 10.9 Å². The molecule has 0 aliphatic rings. The van der Waals surface area contributed by atoms with E-state index in [-0.39, 0.29) is 11.9 Å². The topological polar surface area (TPSA) is 44.9 Å². The first kappa shape index (κ1) is 15.5. The predicted molar refractivity (Wildman–Crippen MR) is 103 cm³/mol. The maximum absolute atomic E-state index is 12.7. The van der Waals surface area contributed by atoms with E-state index in [0.717, 1.165) is 16.5 Å². The van der Waals surface area contributed by atoms with Gasteiger partial charge in [0.1, 0.15) is 5.69 Å². The van der Waals surface area contributed by atoms with Crippen molar-refractivity contribution in [3.63, 3.8) is 0 Å². The van der Waals surface area contributed by atoms with E-state index in [1.54, 1.807) is 0 Å². The van der Waals surface area contributed by atoms with Crippen molar-refractivity contribution in [3.8, 4) is 0 Å². The number of benzene rings is 3. The van der Waals surface area contributed by atoms with Gasteiger partial charge in [-0.05, 0) is 48.4 Å². The third kappa shape index (κ3) is 2.89. The van der Waals surface area contributed by atoms with Crippen LogP contribution in [-0.4, -0.2) is 10.9 Å². The van der Waals surface area contributed by atoms with Gasteiger partial charge in [-0.3, -0.25) is 4.79 Å². The summed E-state index contributed by atoms with van der Waals surface area (Å²) in [4.78, 5) is 15.9. The van der Waals surface area contributed by atoms with Gasteiger partial charge in [0.2, 0.25) is 0 Å². The fraction of sp³-hybridized carbons (Fsp3) is 0.136. The summed E-state index contributed by atoms with van der Waals surface area (Å²) >= 11 is 0. The summed E-state index contributed by atoms with van der Waals surface area (Å²) in [7, 11) is 0. The molecular formula is C22H20N2O. The highest BCUT2D eigenvalue weighted by Crippen LogP contribution is 2.24. The SMILES string of the molecule is Cc1ccc2[nH]c(C(=O)N[C@H](C)c3cccc4ccccc34)cc2c1. The van der Waals surface area contributed by atoms with Crippen LogP contribution >= 0.6 is 0 Å². The van der Waals surface area contributed by atoms with Crippen LogP contribution < -0.4 is 5.32 Å². The van der Waals surface area contributed by atoms with Gasteiger partial charge < -0.3 is 10.3 Å². The molecule has 0 saturated carbocycles. The van der Waals surface area contributed by atoms with Crippen LogP contribution in [-0.2, 0) is 0 Å². The van der Waals surface area contributed by atoms with Gasteiger partial charge in [-0.1, -0.05) is 54.1 Å². The van der Waals surface area contributed by atoms with Crippen molar-refractivity contribution < 1.29 is 4.79 Å². The minimum Gasteiger partial charge on any atom is -0.351 e. The van der Waals surface area contributed by atoms with Crippen LogP contribution in [0.2, 0.25) is 0 Å². The molecule has 1 heterocycles. The fourth-order valence-electron chi connectivity index (χ4n) is 3.35. The second-order valence-electron chi connectivity index (χ2n) is 6.54. The zero-order chi connectivity index (χ0) is 17.4. The Balaban J connectivity index is 1.62. The number of nitrogens with one attached hydrogen (secondary N) is 2. The second kappa shape index (κ2) is 6.10. The summed E-state index contributed by atoms with van der Waals surface area (Å²) in [6, 6.07) is 22.4. The molecule has 0 radical (unpaired) electrons. The molecule has 0 fully saturated rings. The molecule has 0 unspecified atom stereocenters. The Labute approximate surface area is 146 Å². The lowest BCUT2D eigenvalue weighted by atomic mass is 9.99. The Bertz CT molecular complexity index is 1070. The normalized spacial score (nSPS) is 12.4. The summed E-state index contributed by atoms with van der Waals surface area (Å²) in [5, 5.41) is 6.52. The van der Waals surface area contributed by atoms with Crippen LogP contribution in [0.25, 0.3) is 21.7 Å². The van der Waals surface area contributed by atoms with Crippen molar-refractivity contribution in [2.75, 3.05) is 0 Å². The number of fused-ring (bicyclic) bond motifs is 2. The summed E-state index contributed by atoms with van der Waals surface area (Å²) in [6.45, 7) is 4.07. The maximum atomic E-state index is 12.7. The monoisotopic (exact) mass is 328 g/mol. The van der Waals surface area contributed by atoms with E-state index < -0.39 is 0 Å². The van der Waals surface area contributed by atoms with Crippen molar-refractivity contribution in [1.82, 2.24) is 10.3 Å². The molecule has 0 aliphatic carbocycles. The van der Waals surface area contributed by atoms with Gasteiger partial charge in [0.05, 0.1) is 6.04 Å². The minimum absolute atomic E-state index is 0.0771. The Morgan fingerprint density at radius 2 is 1.76 bits per heavy atom.